The number of nitrogens with one attached hydrogen (secondary N) is 2. The van der Waals surface area contributed by atoms with E-state index in [1.165, 1.54) is 0 Å². The summed E-state index contributed by atoms with van der Waals surface area (Å²) in [6.45, 7) is 4.42. The molecule has 11 heteroatoms. The molecule has 0 atom stereocenters. The van der Waals surface area contributed by atoms with Crippen molar-refractivity contribution in [1.29, 1.82) is 0 Å². The summed E-state index contributed by atoms with van der Waals surface area (Å²) in [7, 11) is 0. The van der Waals surface area contributed by atoms with Crippen LogP contribution in [0.5, 0.6) is 0 Å². The van der Waals surface area contributed by atoms with E-state index in [2.05, 4.69) is 43.1 Å². The van der Waals surface area contributed by atoms with E-state index < -0.39 is 0 Å². The van der Waals surface area contributed by atoms with Gasteiger partial charge in [-0.05, 0) is 45.4 Å². The molecule has 0 unspecified atom stereocenters. The van der Waals surface area contributed by atoms with Crippen LogP contribution in [0.3, 0.4) is 0 Å². The lowest BCUT2D eigenvalue weighted by Gasteiger charge is -2.33. The molecule has 1 saturated heterocycles. The molecule has 11 nitrogen and oxygen atoms in total. The van der Waals surface area contributed by atoms with Crippen LogP contribution >= 0.6 is 0 Å². The van der Waals surface area contributed by atoms with Gasteiger partial charge in [0, 0.05) is 49.9 Å². The number of anilines is 1. The molecule has 33 heavy (non-hydrogen) atoms. The average Bonchev–Trinajstić information content (AvgIpc) is 3.61. The van der Waals surface area contributed by atoms with Gasteiger partial charge in [0.15, 0.2) is 11.5 Å². The van der Waals surface area contributed by atoms with Gasteiger partial charge in [0.1, 0.15) is 5.60 Å². The number of hydrogen-bond acceptors (Lipinski definition) is 9. The molecule has 0 aromatic carbocycles. The van der Waals surface area contributed by atoms with Gasteiger partial charge in [0.25, 0.3) is 0 Å². The fourth-order valence-corrected chi connectivity index (χ4v) is 5.36. The molecule has 174 valence electrons. The predicted molar refractivity (Wildman–Crippen MR) is 121 cm³/mol. The molecule has 2 fully saturated rings. The standard InChI is InChI=1S/C22H29N9O2/c1-2-31-21-17(13-24-31)19(25-15-5-9-32-10-6-15)16(12-23-21)18-11-22(33-28-18)7-3-14(4-8-22)20-26-29-30-27-20/h12-15H,2-11H2,1H3,(H,23,25)(H,26,27,29,30). The maximum atomic E-state index is 6.12. The number of aromatic nitrogens is 7. The summed E-state index contributed by atoms with van der Waals surface area (Å²) in [5.41, 5.74) is 3.67. The Morgan fingerprint density at radius 2 is 2.03 bits per heavy atom. The normalized spacial score (nSPS) is 26.0. The van der Waals surface area contributed by atoms with Gasteiger partial charge in [-0.1, -0.05) is 10.4 Å². The molecule has 0 radical (unpaired) electrons. The number of nitrogens with zero attached hydrogens (tertiary/aromatic N) is 7. The summed E-state index contributed by atoms with van der Waals surface area (Å²) in [4.78, 5) is 10.9. The minimum Gasteiger partial charge on any atom is -0.389 e. The van der Waals surface area contributed by atoms with E-state index in [1.54, 1.807) is 0 Å². The van der Waals surface area contributed by atoms with Crippen molar-refractivity contribution < 1.29 is 9.57 Å². The maximum Gasteiger partial charge on any atom is 0.177 e. The SMILES string of the molecule is CCn1ncc2c(NC3CCOCC3)c(C3=NOC4(CCC(c5nn[nH]n5)CC4)C3)cnc21. The van der Waals surface area contributed by atoms with Crippen LogP contribution in [0.25, 0.3) is 11.0 Å². The Morgan fingerprint density at radius 1 is 1.18 bits per heavy atom. The van der Waals surface area contributed by atoms with Gasteiger partial charge in [-0.2, -0.15) is 10.3 Å². The predicted octanol–water partition coefficient (Wildman–Crippen LogP) is 2.78. The monoisotopic (exact) mass is 451 g/mol. The van der Waals surface area contributed by atoms with Gasteiger partial charge < -0.3 is 14.9 Å². The summed E-state index contributed by atoms with van der Waals surface area (Å²) < 4.78 is 7.49. The zero-order valence-corrected chi connectivity index (χ0v) is 18.8. The highest BCUT2D eigenvalue weighted by molar-refractivity contribution is 6.10. The first kappa shape index (κ1) is 20.5. The molecule has 1 saturated carbocycles. The molecule has 2 aliphatic heterocycles. The average molecular weight is 452 g/mol. The number of hydrogen-bond donors (Lipinski definition) is 2. The van der Waals surface area contributed by atoms with Crippen molar-refractivity contribution >= 4 is 22.4 Å². The van der Waals surface area contributed by atoms with E-state index >= 15 is 0 Å². The molecular formula is C22H29N9O2. The van der Waals surface area contributed by atoms with E-state index in [-0.39, 0.29) is 5.60 Å². The van der Waals surface area contributed by atoms with E-state index in [1.807, 2.05) is 17.1 Å². The Labute approximate surface area is 191 Å². The number of tetrazole rings is 1. The van der Waals surface area contributed by atoms with Crippen molar-refractivity contribution in [2.75, 3.05) is 18.5 Å². The van der Waals surface area contributed by atoms with Gasteiger partial charge in [0.2, 0.25) is 0 Å². The van der Waals surface area contributed by atoms with Gasteiger partial charge in [0.05, 0.1) is 23.0 Å². The van der Waals surface area contributed by atoms with Crippen LogP contribution in [0.4, 0.5) is 5.69 Å². The largest absolute Gasteiger partial charge is 0.389 e. The zero-order valence-electron chi connectivity index (χ0n) is 18.8. The molecule has 3 aromatic heterocycles. The summed E-state index contributed by atoms with van der Waals surface area (Å²) in [5.74, 6) is 1.13. The lowest BCUT2D eigenvalue weighted by molar-refractivity contribution is -0.0488. The van der Waals surface area contributed by atoms with Crippen molar-refractivity contribution in [3.63, 3.8) is 0 Å². The number of aromatic amines is 1. The lowest BCUT2D eigenvalue weighted by atomic mass is 9.76. The number of pyridine rings is 1. The van der Waals surface area contributed by atoms with Crippen molar-refractivity contribution in [2.45, 2.75) is 76.0 Å². The molecule has 0 bridgehead atoms. The number of aryl methyl sites for hydroxylation is 1. The van der Waals surface area contributed by atoms with Crippen LogP contribution in [-0.2, 0) is 16.1 Å². The minimum atomic E-state index is -0.256. The number of ether oxygens (including phenoxy) is 1. The summed E-state index contributed by atoms with van der Waals surface area (Å²) in [6, 6.07) is 0.357. The Kier molecular flexibility index (Phi) is 5.20. The zero-order chi connectivity index (χ0) is 22.3. The van der Waals surface area contributed by atoms with Gasteiger partial charge in [-0.3, -0.25) is 0 Å². The fraction of sp³-hybridized carbons (Fsp3) is 0.636. The molecule has 6 rings (SSSR count). The minimum absolute atomic E-state index is 0.256. The second-order valence-electron chi connectivity index (χ2n) is 9.31. The number of oxime groups is 1. The van der Waals surface area contributed by atoms with Crippen molar-refractivity contribution in [2.24, 2.45) is 5.16 Å². The van der Waals surface area contributed by atoms with Crippen LogP contribution in [0.1, 0.15) is 69.2 Å². The van der Waals surface area contributed by atoms with Gasteiger partial charge >= 0.3 is 0 Å². The number of fused-ring (bicyclic) bond motifs is 1. The molecule has 3 aromatic rings. The van der Waals surface area contributed by atoms with Gasteiger partial charge in [-0.15, -0.1) is 10.2 Å². The lowest BCUT2D eigenvalue weighted by Crippen LogP contribution is -2.34. The highest BCUT2D eigenvalue weighted by Gasteiger charge is 2.44. The van der Waals surface area contributed by atoms with Crippen molar-refractivity contribution in [3.05, 3.63) is 23.8 Å². The van der Waals surface area contributed by atoms with Crippen LogP contribution in [0, 0.1) is 0 Å². The molecule has 3 aliphatic rings. The Morgan fingerprint density at radius 3 is 2.79 bits per heavy atom. The molecule has 2 N–H and O–H groups in total. The summed E-state index contributed by atoms with van der Waals surface area (Å²) in [5, 5.41) is 28.6. The Bertz CT molecular complexity index is 1140. The maximum absolute atomic E-state index is 6.12. The van der Waals surface area contributed by atoms with Crippen LogP contribution < -0.4 is 5.32 Å². The van der Waals surface area contributed by atoms with Crippen LogP contribution in [0.15, 0.2) is 17.5 Å². The van der Waals surface area contributed by atoms with Gasteiger partial charge in [-0.25, -0.2) is 9.67 Å². The van der Waals surface area contributed by atoms with Crippen LogP contribution in [-0.4, -0.2) is 66.0 Å². The third-order valence-electron chi connectivity index (χ3n) is 7.31. The highest BCUT2D eigenvalue weighted by Crippen LogP contribution is 2.45. The van der Waals surface area contributed by atoms with Crippen LogP contribution in [0.2, 0.25) is 0 Å². The first-order valence-electron chi connectivity index (χ1n) is 11.9. The quantitative estimate of drug-likeness (QED) is 0.606. The number of H-pyrrole nitrogens is 1. The third kappa shape index (κ3) is 3.73. The van der Waals surface area contributed by atoms with E-state index in [4.69, 9.17) is 14.6 Å². The smallest absolute Gasteiger partial charge is 0.177 e. The third-order valence-corrected chi connectivity index (χ3v) is 7.31. The summed E-state index contributed by atoms with van der Waals surface area (Å²) in [6.07, 6.45) is 10.4. The number of rotatable bonds is 5. The first-order chi connectivity index (χ1) is 16.2. The fourth-order valence-electron chi connectivity index (χ4n) is 5.36. The van der Waals surface area contributed by atoms with E-state index in [0.717, 1.165) is 98.5 Å². The molecule has 5 heterocycles. The van der Waals surface area contributed by atoms with E-state index in [0.29, 0.717) is 12.0 Å². The molecule has 1 aliphatic carbocycles. The molecule has 0 amide bonds. The second-order valence-corrected chi connectivity index (χ2v) is 9.31. The van der Waals surface area contributed by atoms with E-state index in [9.17, 15) is 0 Å². The second kappa shape index (κ2) is 8.36. The topological polar surface area (TPSA) is 128 Å². The van der Waals surface area contributed by atoms with Crippen molar-refractivity contribution in [3.8, 4) is 0 Å². The Hall–Kier alpha value is -3.08. The first-order valence-corrected chi connectivity index (χ1v) is 11.9. The molecular weight excluding hydrogens is 422 g/mol. The summed E-state index contributed by atoms with van der Waals surface area (Å²) >= 11 is 0. The Balaban J connectivity index is 1.26. The highest BCUT2D eigenvalue weighted by atomic mass is 16.7. The van der Waals surface area contributed by atoms with Crippen molar-refractivity contribution in [1.82, 2.24) is 35.4 Å². The molecule has 1 spiro atoms.